The molecule has 1 N–H and O–H groups in total. The highest BCUT2D eigenvalue weighted by molar-refractivity contribution is 5.09. The van der Waals surface area contributed by atoms with Gasteiger partial charge in [-0.15, -0.1) is 0 Å². The van der Waals surface area contributed by atoms with E-state index in [1.165, 1.54) is 58.3 Å². The van der Waals surface area contributed by atoms with Crippen molar-refractivity contribution in [2.75, 3.05) is 0 Å². The van der Waals surface area contributed by atoms with Gasteiger partial charge in [0.25, 0.3) is 0 Å². The number of alkyl halides is 3. The van der Waals surface area contributed by atoms with Crippen molar-refractivity contribution in [3.63, 3.8) is 0 Å². The van der Waals surface area contributed by atoms with Gasteiger partial charge in [0.05, 0.1) is 11.5 Å². The molecule has 0 heterocycles. The number of hydrogen-bond acceptors (Lipinski definition) is 1. The molecule has 0 amide bonds. The van der Waals surface area contributed by atoms with Gasteiger partial charge >= 0.3 is 6.18 Å². The van der Waals surface area contributed by atoms with Gasteiger partial charge in [-0.1, -0.05) is 34.6 Å². The van der Waals surface area contributed by atoms with Gasteiger partial charge in [-0.05, 0) is 130 Å². The van der Waals surface area contributed by atoms with Crippen LogP contribution in [-0.4, -0.2) is 16.9 Å². The summed E-state index contributed by atoms with van der Waals surface area (Å²) in [6, 6.07) is 0. The maximum atomic E-state index is 13.1. The average molecular weight is 471 g/mol. The molecule has 192 valence electrons. The third-order valence-corrected chi connectivity index (χ3v) is 12.2. The van der Waals surface area contributed by atoms with E-state index in [2.05, 4.69) is 27.7 Å². The second-order valence-corrected chi connectivity index (χ2v) is 13.5. The summed E-state index contributed by atoms with van der Waals surface area (Å²) in [5.41, 5.74) is 0.205. The number of aliphatic hydroxyl groups is 1. The van der Waals surface area contributed by atoms with E-state index in [4.69, 9.17) is 0 Å². The van der Waals surface area contributed by atoms with E-state index in [0.717, 1.165) is 42.9 Å². The van der Waals surface area contributed by atoms with Gasteiger partial charge in [0.1, 0.15) is 0 Å². The van der Waals surface area contributed by atoms with E-state index in [9.17, 15) is 18.3 Å². The molecule has 0 aromatic carbocycles. The van der Waals surface area contributed by atoms with Gasteiger partial charge in [0.2, 0.25) is 0 Å². The van der Waals surface area contributed by atoms with Crippen molar-refractivity contribution in [2.24, 2.45) is 52.3 Å². The molecule has 4 aliphatic carbocycles. The highest BCUT2D eigenvalue weighted by atomic mass is 19.4. The van der Waals surface area contributed by atoms with Crippen LogP contribution in [0.3, 0.4) is 0 Å². The third-order valence-electron chi connectivity index (χ3n) is 12.2. The Bertz CT molecular complexity index is 691. The van der Waals surface area contributed by atoms with Gasteiger partial charge in [0.15, 0.2) is 0 Å². The Labute approximate surface area is 200 Å². The predicted molar refractivity (Wildman–Crippen MR) is 129 cm³/mol. The smallest absolute Gasteiger partial charge is 0.390 e. The lowest BCUT2D eigenvalue weighted by molar-refractivity contribution is -0.172. The molecule has 0 bridgehead atoms. The van der Waals surface area contributed by atoms with Gasteiger partial charge in [-0.3, -0.25) is 0 Å². The van der Waals surface area contributed by atoms with Crippen LogP contribution in [0.15, 0.2) is 0 Å². The van der Waals surface area contributed by atoms with Crippen molar-refractivity contribution in [3.05, 3.63) is 0 Å². The van der Waals surface area contributed by atoms with Crippen molar-refractivity contribution >= 4 is 0 Å². The summed E-state index contributed by atoms with van der Waals surface area (Å²) in [6.07, 6.45) is 9.75. The quantitative estimate of drug-likeness (QED) is 0.426. The summed E-state index contributed by atoms with van der Waals surface area (Å²) in [4.78, 5) is 0. The minimum Gasteiger partial charge on any atom is -0.390 e. The maximum absolute atomic E-state index is 13.1. The Morgan fingerprint density at radius 1 is 0.818 bits per heavy atom. The summed E-state index contributed by atoms with van der Waals surface area (Å²) < 4.78 is 39.2. The Morgan fingerprint density at radius 3 is 2.18 bits per heavy atom. The van der Waals surface area contributed by atoms with E-state index >= 15 is 0 Å². The molecule has 0 spiro atoms. The lowest BCUT2D eigenvalue weighted by atomic mass is 9.46. The fourth-order valence-electron chi connectivity index (χ4n) is 9.68. The molecule has 4 heteroatoms. The van der Waals surface area contributed by atoms with E-state index in [1.54, 1.807) is 0 Å². The molecule has 0 aromatic heterocycles. The lowest BCUT2D eigenvalue weighted by Crippen LogP contribution is -2.52. The standard InChI is InChI=1S/C29H49F3O/c1-6-28(33)16-13-21-9-10-22-24-12-11-23(19(2)7-8-20(3)29(30,31)32)27(24,5)15-14-25(22)26(21,4)17-18-28/h19-25,33H,6-18H2,1-5H3/t19-,20?,21?,22?,23?,24?,25?,26?,27?,28-/m1/s1. The predicted octanol–water partition coefficient (Wildman–Crippen LogP) is 8.79. The lowest BCUT2D eigenvalue weighted by Gasteiger charge is -2.59. The van der Waals surface area contributed by atoms with Crippen molar-refractivity contribution < 1.29 is 18.3 Å². The van der Waals surface area contributed by atoms with Crippen LogP contribution in [0.25, 0.3) is 0 Å². The van der Waals surface area contributed by atoms with Gasteiger partial charge < -0.3 is 5.11 Å². The molecule has 4 rings (SSSR count). The zero-order chi connectivity index (χ0) is 24.2. The monoisotopic (exact) mass is 470 g/mol. The van der Waals surface area contributed by atoms with Crippen molar-refractivity contribution in [3.8, 4) is 0 Å². The maximum Gasteiger partial charge on any atom is 0.391 e. The molecule has 33 heavy (non-hydrogen) atoms. The van der Waals surface area contributed by atoms with Crippen LogP contribution >= 0.6 is 0 Å². The van der Waals surface area contributed by atoms with E-state index in [0.29, 0.717) is 29.1 Å². The summed E-state index contributed by atoms with van der Waals surface area (Å²) in [7, 11) is 0. The first kappa shape index (κ1) is 25.8. The molecule has 4 aliphatic rings. The fourth-order valence-corrected chi connectivity index (χ4v) is 9.68. The van der Waals surface area contributed by atoms with Crippen LogP contribution in [0.4, 0.5) is 13.2 Å². The molecule has 0 saturated heterocycles. The van der Waals surface area contributed by atoms with Crippen molar-refractivity contribution in [2.45, 2.75) is 130 Å². The Balaban J connectivity index is 1.47. The van der Waals surface area contributed by atoms with Crippen molar-refractivity contribution in [1.29, 1.82) is 0 Å². The molecular weight excluding hydrogens is 421 g/mol. The molecule has 0 radical (unpaired) electrons. The normalized spacial score (nSPS) is 47.7. The van der Waals surface area contributed by atoms with E-state index in [1.807, 2.05) is 0 Å². The molecule has 0 aliphatic heterocycles. The molecule has 10 atom stereocenters. The van der Waals surface area contributed by atoms with Gasteiger partial charge in [0, 0.05) is 0 Å². The van der Waals surface area contributed by atoms with Crippen LogP contribution in [0.2, 0.25) is 0 Å². The number of rotatable bonds is 5. The number of hydrogen-bond donors (Lipinski definition) is 1. The summed E-state index contributed by atoms with van der Waals surface area (Å²) in [5.74, 6) is 2.82. The first-order valence-electron chi connectivity index (χ1n) is 14.1. The zero-order valence-electron chi connectivity index (χ0n) is 21.8. The summed E-state index contributed by atoms with van der Waals surface area (Å²) in [5, 5.41) is 11.1. The van der Waals surface area contributed by atoms with Crippen LogP contribution in [0.1, 0.15) is 118 Å². The largest absolute Gasteiger partial charge is 0.391 e. The molecule has 8 unspecified atom stereocenters. The first-order chi connectivity index (χ1) is 15.3. The average Bonchev–Trinajstić information content (AvgIpc) is 3.05. The SMILES string of the molecule is CC[C@@]1(O)CCC2CCC3C(CCC4(C)C3CCC4[C@H](C)CCC(C)C(F)(F)F)C2(C)CC1. The van der Waals surface area contributed by atoms with Crippen LogP contribution in [-0.2, 0) is 0 Å². The molecule has 4 fully saturated rings. The molecule has 4 saturated carbocycles. The summed E-state index contributed by atoms with van der Waals surface area (Å²) in [6.45, 7) is 10.8. The van der Waals surface area contributed by atoms with Gasteiger partial charge in [-0.25, -0.2) is 0 Å². The Hall–Kier alpha value is -0.250. The van der Waals surface area contributed by atoms with Crippen molar-refractivity contribution in [1.82, 2.24) is 0 Å². The van der Waals surface area contributed by atoms with Crippen LogP contribution in [0, 0.1) is 52.3 Å². The van der Waals surface area contributed by atoms with Crippen LogP contribution < -0.4 is 0 Å². The molecule has 0 aromatic rings. The highest BCUT2D eigenvalue weighted by Gasteiger charge is 2.60. The van der Waals surface area contributed by atoms with Gasteiger partial charge in [-0.2, -0.15) is 13.2 Å². The minimum absolute atomic E-state index is 0.272. The molecule has 1 nitrogen and oxygen atoms in total. The Morgan fingerprint density at radius 2 is 1.52 bits per heavy atom. The Kier molecular flexibility index (Phi) is 7.05. The molecular formula is C29H49F3O. The highest BCUT2D eigenvalue weighted by Crippen LogP contribution is 2.68. The van der Waals surface area contributed by atoms with Crippen LogP contribution in [0.5, 0.6) is 0 Å². The van der Waals surface area contributed by atoms with E-state index in [-0.39, 0.29) is 6.42 Å². The number of fused-ring (bicyclic) bond motifs is 5. The minimum atomic E-state index is -4.06. The van der Waals surface area contributed by atoms with E-state index < -0.39 is 17.7 Å². The number of halogens is 3. The zero-order valence-corrected chi connectivity index (χ0v) is 21.8. The topological polar surface area (TPSA) is 20.2 Å². The third kappa shape index (κ3) is 4.53. The first-order valence-corrected chi connectivity index (χ1v) is 14.1. The second-order valence-electron chi connectivity index (χ2n) is 13.5. The fraction of sp³-hybridized carbons (Fsp3) is 1.00. The summed E-state index contributed by atoms with van der Waals surface area (Å²) >= 11 is 0. The second kappa shape index (κ2) is 9.00.